The number of unbranched alkanes of at least 4 members (excludes halogenated alkanes) is 44. The van der Waals surface area contributed by atoms with E-state index >= 15 is 0 Å². The van der Waals surface area contributed by atoms with Crippen LogP contribution in [0.2, 0.25) is 0 Å². The molecular formula is C56H112N2. The molecule has 0 N–H and O–H groups in total. The van der Waals surface area contributed by atoms with Gasteiger partial charge in [0.15, 0.2) is 0 Å². The first-order valence-corrected chi connectivity index (χ1v) is 28.0. The van der Waals surface area contributed by atoms with E-state index in [9.17, 15) is 0 Å². The molecule has 1 heterocycles. The Morgan fingerprint density at radius 3 is 0.603 bits per heavy atom. The fourth-order valence-electron chi connectivity index (χ4n) is 9.72. The fourth-order valence-corrected chi connectivity index (χ4v) is 9.72. The van der Waals surface area contributed by atoms with Gasteiger partial charge in [-0.15, -0.1) is 0 Å². The lowest BCUT2D eigenvalue weighted by molar-refractivity contribution is 0.135. The van der Waals surface area contributed by atoms with Gasteiger partial charge in [-0.05, 0) is 25.7 Å². The second kappa shape index (κ2) is 47.4. The smallest absolute Gasteiger partial charge is 0.101 e. The van der Waals surface area contributed by atoms with Crippen LogP contribution in [-0.2, 0) is 0 Å². The number of rotatable bonds is 50. The molecule has 2 nitrogen and oxygen atoms in total. The highest BCUT2D eigenvalue weighted by Crippen LogP contribution is 2.25. The third-order valence-electron chi connectivity index (χ3n) is 13.8. The Bertz CT molecular complexity index is 731. The summed E-state index contributed by atoms with van der Waals surface area (Å²) in [4.78, 5) is 5.50. The molecule has 0 aromatic heterocycles. The summed E-state index contributed by atoms with van der Waals surface area (Å²) in [5.74, 6) is 0. The van der Waals surface area contributed by atoms with E-state index in [2.05, 4.69) is 43.0 Å². The lowest BCUT2D eigenvalue weighted by Gasteiger charge is -2.33. The van der Waals surface area contributed by atoms with Gasteiger partial charge < -0.3 is 9.80 Å². The van der Waals surface area contributed by atoms with Crippen LogP contribution in [0.3, 0.4) is 0 Å². The first-order chi connectivity index (χ1) is 28.8. The molecule has 1 aliphatic heterocycles. The van der Waals surface area contributed by atoms with Gasteiger partial charge >= 0.3 is 0 Å². The Balaban J connectivity index is 2.19. The standard InChI is InChI=1S/C56H112N2/c1-4-7-10-13-16-19-22-25-28-31-34-37-40-43-46-49-52-57-54-55-58(53-50-47-44-41-38-35-32-29-26-23-20-17-14-11-8-5-2)56(57)51-48-45-42-39-36-33-30-27-24-21-18-15-12-9-6-3/h54-56H,4-53H2,1-3H3. The molecule has 0 spiro atoms. The molecule has 1 rings (SSSR count). The lowest BCUT2D eigenvalue weighted by atomic mass is 10.0. The molecule has 0 aliphatic carbocycles. The molecule has 0 amide bonds. The Kier molecular flexibility index (Phi) is 45.2. The van der Waals surface area contributed by atoms with Crippen molar-refractivity contribution in [2.45, 2.75) is 335 Å². The zero-order valence-corrected chi connectivity index (χ0v) is 41.0. The van der Waals surface area contributed by atoms with Crippen molar-refractivity contribution < 1.29 is 0 Å². The van der Waals surface area contributed by atoms with Gasteiger partial charge in [0.1, 0.15) is 6.17 Å². The SMILES string of the molecule is CCCCCCCCCCCCCCCCCCN1C=CN(CCCCCCCCCCCCCCCCCC)C1CCCCCCCCCCCCCCCCC. The summed E-state index contributed by atoms with van der Waals surface area (Å²) >= 11 is 0. The van der Waals surface area contributed by atoms with Gasteiger partial charge in [-0.1, -0.05) is 303 Å². The Labute approximate surface area is 369 Å². The lowest BCUT2D eigenvalue weighted by Crippen LogP contribution is -2.39. The van der Waals surface area contributed by atoms with Crippen molar-refractivity contribution >= 4 is 0 Å². The van der Waals surface area contributed by atoms with Gasteiger partial charge in [-0.3, -0.25) is 0 Å². The van der Waals surface area contributed by atoms with Crippen molar-refractivity contribution in [2.24, 2.45) is 0 Å². The average molecular weight is 814 g/mol. The predicted molar refractivity (Wildman–Crippen MR) is 265 cm³/mol. The van der Waals surface area contributed by atoms with Gasteiger partial charge in [0.05, 0.1) is 0 Å². The third-order valence-corrected chi connectivity index (χ3v) is 13.8. The van der Waals surface area contributed by atoms with E-state index in [4.69, 9.17) is 0 Å². The van der Waals surface area contributed by atoms with Crippen LogP contribution in [0.1, 0.15) is 329 Å². The molecular weight excluding hydrogens is 701 g/mol. The summed E-state index contributed by atoms with van der Waals surface area (Å²) in [6.07, 6.45) is 75.3. The molecule has 1 aliphatic rings. The number of hydrogen-bond donors (Lipinski definition) is 0. The van der Waals surface area contributed by atoms with Gasteiger partial charge in [0, 0.05) is 25.5 Å². The maximum Gasteiger partial charge on any atom is 0.101 e. The van der Waals surface area contributed by atoms with Crippen molar-refractivity contribution in [2.75, 3.05) is 13.1 Å². The summed E-state index contributed by atoms with van der Waals surface area (Å²) in [6, 6.07) is 0. The Hall–Kier alpha value is -0.660. The zero-order valence-electron chi connectivity index (χ0n) is 41.0. The van der Waals surface area contributed by atoms with Crippen molar-refractivity contribution in [3.8, 4) is 0 Å². The van der Waals surface area contributed by atoms with Gasteiger partial charge in [-0.25, -0.2) is 0 Å². The van der Waals surface area contributed by atoms with Crippen LogP contribution in [0, 0.1) is 0 Å². The zero-order chi connectivity index (χ0) is 41.5. The van der Waals surface area contributed by atoms with E-state index in [1.165, 1.54) is 321 Å². The predicted octanol–water partition coefficient (Wildman–Crippen LogP) is 20.2. The number of hydrogen-bond acceptors (Lipinski definition) is 2. The van der Waals surface area contributed by atoms with Crippen LogP contribution < -0.4 is 0 Å². The highest BCUT2D eigenvalue weighted by Gasteiger charge is 2.25. The van der Waals surface area contributed by atoms with Crippen LogP contribution >= 0.6 is 0 Å². The molecule has 0 aromatic rings. The van der Waals surface area contributed by atoms with E-state index in [0.717, 1.165) is 0 Å². The topological polar surface area (TPSA) is 6.48 Å². The molecule has 0 saturated carbocycles. The van der Waals surface area contributed by atoms with Gasteiger partial charge in [0.25, 0.3) is 0 Å². The van der Waals surface area contributed by atoms with E-state index in [1.807, 2.05) is 0 Å². The molecule has 0 bridgehead atoms. The van der Waals surface area contributed by atoms with Gasteiger partial charge in [-0.2, -0.15) is 0 Å². The summed E-state index contributed by atoms with van der Waals surface area (Å²) in [7, 11) is 0. The normalized spacial score (nSPS) is 13.2. The summed E-state index contributed by atoms with van der Waals surface area (Å²) in [5.41, 5.74) is 0. The fraction of sp³-hybridized carbons (Fsp3) is 0.964. The van der Waals surface area contributed by atoms with E-state index < -0.39 is 0 Å². The van der Waals surface area contributed by atoms with Crippen molar-refractivity contribution in [1.29, 1.82) is 0 Å². The molecule has 0 fully saturated rings. The van der Waals surface area contributed by atoms with Crippen molar-refractivity contribution in [3.05, 3.63) is 12.4 Å². The number of nitrogens with zero attached hydrogens (tertiary/aromatic N) is 2. The molecule has 0 atom stereocenters. The minimum absolute atomic E-state index is 0.634. The van der Waals surface area contributed by atoms with Crippen LogP contribution in [0.25, 0.3) is 0 Å². The first-order valence-electron chi connectivity index (χ1n) is 28.0. The molecule has 0 saturated heterocycles. The highest BCUT2D eigenvalue weighted by molar-refractivity contribution is 4.97. The molecule has 58 heavy (non-hydrogen) atoms. The average Bonchev–Trinajstić information content (AvgIpc) is 3.62. The second-order valence-corrected chi connectivity index (χ2v) is 19.6. The van der Waals surface area contributed by atoms with Crippen LogP contribution in [-0.4, -0.2) is 29.1 Å². The molecule has 346 valence electrons. The van der Waals surface area contributed by atoms with Crippen molar-refractivity contribution in [3.63, 3.8) is 0 Å². The molecule has 0 unspecified atom stereocenters. The maximum absolute atomic E-state index is 2.75. The van der Waals surface area contributed by atoms with Crippen LogP contribution in [0.15, 0.2) is 12.4 Å². The van der Waals surface area contributed by atoms with E-state index in [-0.39, 0.29) is 0 Å². The second-order valence-electron chi connectivity index (χ2n) is 19.6. The van der Waals surface area contributed by atoms with E-state index in [0.29, 0.717) is 6.17 Å². The Morgan fingerprint density at radius 1 is 0.224 bits per heavy atom. The largest absolute Gasteiger partial charge is 0.356 e. The Morgan fingerprint density at radius 2 is 0.397 bits per heavy atom. The van der Waals surface area contributed by atoms with Crippen LogP contribution in [0.5, 0.6) is 0 Å². The molecule has 0 aromatic carbocycles. The maximum atomic E-state index is 2.75. The first kappa shape index (κ1) is 55.4. The highest BCUT2D eigenvalue weighted by atomic mass is 15.4. The summed E-state index contributed by atoms with van der Waals surface area (Å²) in [6.45, 7) is 9.50. The molecule has 0 radical (unpaired) electrons. The summed E-state index contributed by atoms with van der Waals surface area (Å²) in [5, 5.41) is 0. The minimum Gasteiger partial charge on any atom is -0.356 e. The van der Waals surface area contributed by atoms with E-state index in [1.54, 1.807) is 0 Å². The monoisotopic (exact) mass is 813 g/mol. The minimum atomic E-state index is 0.634. The van der Waals surface area contributed by atoms with Crippen LogP contribution in [0.4, 0.5) is 0 Å². The summed E-state index contributed by atoms with van der Waals surface area (Å²) < 4.78 is 0. The van der Waals surface area contributed by atoms with Crippen molar-refractivity contribution in [1.82, 2.24) is 9.80 Å². The molecule has 2 heteroatoms. The third kappa shape index (κ3) is 38.3. The quantitative estimate of drug-likeness (QED) is 0.0565. The van der Waals surface area contributed by atoms with Gasteiger partial charge in [0.2, 0.25) is 0 Å².